The normalized spacial score (nSPS) is 12.2. The number of halogens is 3. The van der Waals surface area contributed by atoms with Crippen LogP contribution in [0.4, 0.5) is 23.9 Å². The second-order valence-electron chi connectivity index (χ2n) is 6.57. The third kappa shape index (κ3) is 4.63. The first-order valence-corrected chi connectivity index (χ1v) is 11.2. The van der Waals surface area contributed by atoms with E-state index in [1.165, 1.54) is 37.4 Å². The van der Waals surface area contributed by atoms with E-state index in [4.69, 9.17) is 4.18 Å². The molecule has 4 aromatic rings. The quantitative estimate of drug-likeness (QED) is 0.396. The van der Waals surface area contributed by atoms with Crippen LogP contribution in [0.25, 0.3) is 21.6 Å². The van der Waals surface area contributed by atoms with Gasteiger partial charge in [0.15, 0.2) is 4.21 Å². The zero-order valence-electron chi connectivity index (χ0n) is 16.8. The molecule has 3 heterocycles. The van der Waals surface area contributed by atoms with Gasteiger partial charge in [0, 0.05) is 13.1 Å². The van der Waals surface area contributed by atoms with E-state index in [0.717, 1.165) is 24.5 Å². The summed E-state index contributed by atoms with van der Waals surface area (Å²) in [5.41, 5.74) is -0.157. The molecule has 0 spiro atoms. The summed E-state index contributed by atoms with van der Waals surface area (Å²) in [6, 6.07) is 7.63. The van der Waals surface area contributed by atoms with Crippen molar-refractivity contribution in [2.24, 2.45) is 7.05 Å². The number of imidazole rings is 1. The molecule has 0 bridgehead atoms. The molecule has 0 saturated carbocycles. The Bertz CT molecular complexity index is 1460. The highest BCUT2D eigenvalue weighted by Gasteiger charge is 2.35. The second-order valence-corrected chi connectivity index (χ2v) is 9.43. The number of rotatable bonds is 5. The highest BCUT2D eigenvalue weighted by Crippen LogP contribution is 2.36. The number of aromatic nitrogens is 4. The van der Waals surface area contributed by atoms with Crippen LogP contribution in [0.2, 0.25) is 0 Å². The minimum Gasteiger partial charge on any atom is -0.453 e. The van der Waals surface area contributed by atoms with Gasteiger partial charge in [-0.1, -0.05) is 0 Å². The third-order valence-corrected chi connectivity index (χ3v) is 7.12. The molecule has 1 aromatic carbocycles. The smallest absolute Gasteiger partial charge is 0.433 e. The van der Waals surface area contributed by atoms with E-state index in [9.17, 15) is 26.4 Å². The van der Waals surface area contributed by atoms with E-state index in [1.807, 2.05) is 0 Å². The van der Waals surface area contributed by atoms with Crippen LogP contribution in [-0.4, -0.2) is 41.4 Å². The first-order chi connectivity index (χ1) is 15.5. The Morgan fingerprint density at radius 2 is 1.97 bits per heavy atom. The first-order valence-electron chi connectivity index (χ1n) is 8.97. The number of anilines is 1. The number of nitrogens with one attached hydrogen (secondary N) is 2. The predicted octanol–water partition coefficient (Wildman–Crippen LogP) is 3.99. The number of thiophene rings is 1. The fourth-order valence-corrected chi connectivity index (χ4v) is 5.01. The maximum Gasteiger partial charge on any atom is 0.433 e. The minimum atomic E-state index is -4.59. The molecule has 0 radical (unpaired) electrons. The number of fused-ring (bicyclic) bond motifs is 1. The van der Waals surface area contributed by atoms with Gasteiger partial charge in [0.05, 0.1) is 23.0 Å². The molecule has 33 heavy (non-hydrogen) atoms. The number of ether oxygens (including phenoxy) is 1. The number of nitrogens with zero attached hydrogens (tertiary/aromatic N) is 3. The van der Waals surface area contributed by atoms with Crippen molar-refractivity contribution < 1.29 is 35.3 Å². The second kappa shape index (κ2) is 8.08. The average molecular weight is 501 g/mol. The number of hydrogen-bond donors (Lipinski definition) is 2. The lowest BCUT2D eigenvalue weighted by Gasteiger charge is -2.04. The first kappa shape index (κ1) is 22.6. The zero-order valence-corrected chi connectivity index (χ0v) is 18.4. The maximum absolute atomic E-state index is 13.0. The minimum absolute atomic E-state index is 0.0132. The summed E-state index contributed by atoms with van der Waals surface area (Å²) in [5, 5.41) is 6.16. The molecule has 0 unspecified atom stereocenters. The van der Waals surface area contributed by atoms with Gasteiger partial charge in [-0.3, -0.25) is 10.00 Å². The molecule has 2 N–H and O–H groups in total. The molecule has 10 nitrogen and oxygen atoms in total. The van der Waals surface area contributed by atoms with Gasteiger partial charge in [0.1, 0.15) is 17.1 Å². The van der Waals surface area contributed by atoms with Crippen molar-refractivity contribution in [1.82, 2.24) is 19.7 Å². The van der Waals surface area contributed by atoms with Gasteiger partial charge in [-0.2, -0.15) is 26.7 Å². The topological polar surface area (TPSA) is 128 Å². The molecule has 4 rings (SSSR count). The number of carbonyl (C=O) groups excluding carboxylic acids is 1. The molecule has 0 aliphatic rings. The van der Waals surface area contributed by atoms with Crippen LogP contribution < -0.4 is 9.50 Å². The van der Waals surface area contributed by atoms with Crippen molar-refractivity contribution in [3.8, 4) is 16.3 Å². The number of aryl methyl sites for hydroxylation is 1. The Balaban J connectivity index is 1.57. The zero-order chi connectivity index (χ0) is 24.0. The summed E-state index contributed by atoms with van der Waals surface area (Å²) in [5.74, 6) is 0.0521. The lowest BCUT2D eigenvalue weighted by molar-refractivity contribution is -0.143. The number of hydrogen-bond acceptors (Lipinski definition) is 8. The molecular weight excluding hydrogens is 487 g/mol. The highest BCUT2D eigenvalue weighted by molar-refractivity contribution is 7.89. The van der Waals surface area contributed by atoms with Crippen LogP contribution in [0.15, 0.2) is 40.6 Å². The maximum atomic E-state index is 13.0. The number of amides is 1. The summed E-state index contributed by atoms with van der Waals surface area (Å²) < 4.78 is 74.5. The predicted molar refractivity (Wildman–Crippen MR) is 111 cm³/mol. The van der Waals surface area contributed by atoms with Gasteiger partial charge in [0.25, 0.3) is 0 Å². The van der Waals surface area contributed by atoms with Crippen LogP contribution in [0, 0.1) is 0 Å². The molecule has 174 valence electrons. The van der Waals surface area contributed by atoms with Crippen LogP contribution in [0.1, 0.15) is 5.69 Å². The molecule has 0 fully saturated rings. The molecule has 0 atom stereocenters. The van der Waals surface area contributed by atoms with Crippen molar-refractivity contribution >= 4 is 44.5 Å². The lowest BCUT2D eigenvalue weighted by atomic mass is 10.3. The summed E-state index contributed by atoms with van der Waals surface area (Å²) in [7, 11) is -1.94. The van der Waals surface area contributed by atoms with Gasteiger partial charge in [-0.05, 0) is 30.3 Å². The Hall–Kier alpha value is -3.59. The summed E-state index contributed by atoms with van der Waals surface area (Å²) >= 11 is 0.724. The Morgan fingerprint density at radius 3 is 2.64 bits per heavy atom. The van der Waals surface area contributed by atoms with Gasteiger partial charge in [-0.15, -0.1) is 11.3 Å². The van der Waals surface area contributed by atoms with Crippen LogP contribution >= 0.6 is 11.3 Å². The van der Waals surface area contributed by atoms with E-state index in [1.54, 1.807) is 0 Å². The summed E-state index contributed by atoms with van der Waals surface area (Å²) in [6.45, 7) is 0. The van der Waals surface area contributed by atoms with E-state index in [2.05, 4.69) is 25.1 Å². The number of alkyl halides is 3. The van der Waals surface area contributed by atoms with Crippen LogP contribution in [-0.2, 0) is 28.1 Å². The largest absolute Gasteiger partial charge is 0.453 e. The molecular formula is C18H14F3N5O5S2. The van der Waals surface area contributed by atoms with E-state index in [0.29, 0.717) is 15.7 Å². The number of methoxy groups -OCH3 is 1. The van der Waals surface area contributed by atoms with Gasteiger partial charge < -0.3 is 13.9 Å². The summed E-state index contributed by atoms with van der Waals surface area (Å²) in [6.07, 6.45) is -5.33. The van der Waals surface area contributed by atoms with Crippen molar-refractivity contribution in [2.45, 2.75) is 10.4 Å². The van der Waals surface area contributed by atoms with Gasteiger partial charge in [0.2, 0.25) is 5.95 Å². The van der Waals surface area contributed by atoms with Crippen LogP contribution in [0.5, 0.6) is 5.75 Å². The molecule has 3 aromatic heterocycles. The fourth-order valence-electron chi connectivity index (χ4n) is 2.86. The van der Waals surface area contributed by atoms with Crippen molar-refractivity contribution in [3.05, 3.63) is 42.1 Å². The Labute approximate surface area is 188 Å². The van der Waals surface area contributed by atoms with Gasteiger partial charge >= 0.3 is 22.4 Å². The highest BCUT2D eigenvalue weighted by atomic mass is 32.3. The van der Waals surface area contributed by atoms with Crippen molar-refractivity contribution in [3.63, 3.8) is 0 Å². The molecule has 0 saturated heterocycles. The number of H-pyrrole nitrogens is 1. The molecule has 0 aliphatic carbocycles. The molecule has 15 heteroatoms. The van der Waals surface area contributed by atoms with E-state index >= 15 is 0 Å². The van der Waals surface area contributed by atoms with Crippen molar-refractivity contribution in [2.75, 3.05) is 12.4 Å². The lowest BCUT2D eigenvalue weighted by Crippen LogP contribution is -2.11. The monoisotopic (exact) mass is 501 g/mol. The SMILES string of the molecule is COC(=O)Nc1nc2ccc(OS(=O)(=O)c3ccc(-c4cc(C(F)(F)F)n(C)n4)s3)cc2[nH]1. The fraction of sp³-hybridized carbons (Fsp3) is 0.167. The van der Waals surface area contributed by atoms with E-state index < -0.39 is 28.1 Å². The number of carbonyl (C=O) groups is 1. The Kier molecular flexibility index (Phi) is 5.53. The Morgan fingerprint density at radius 1 is 1.21 bits per heavy atom. The third-order valence-electron chi connectivity index (χ3n) is 4.32. The van der Waals surface area contributed by atoms with E-state index in [-0.39, 0.29) is 26.5 Å². The van der Waals surface area contributed by atoms with Crippen LogP contribution in [0.3, 0.4) is 0 Å². The van der Waals surface area contributed by atoms with Gasteiger partial charge in [-0.25, -0.2) is 9.78 Å². The average Bonchev–Trinajstić information content (AvgIpc) is 3.44. The molecule has 0 aliphatic heterocycles. The summed E-state index contributed by atoms with van der Waals surface area (Å²) in [4.78, 5) is 18.4. The standard InChI is InChI=1S/C18H14F3N5O5S2/c1-26-14(18(19,20)21)8-12(25-26)13-5-6-15(32-13)33(28,29)31-9-3-4-10-11(7-9)23-16(22-10)24-17(27)30-2/h3-8H,1-2H3,(H2,22,23,24,27). The molecule has 1 amide bonds. The number of benzene rings is 1. The van der Waals surface area contributed by atoms with Crippen molar-refractivity contribution in [1.29, 1.82) is 0 Å². The number of aromatic amines is 1.